The van der Waals surface area contributed by atoms with E-state index in [9.17, 15) is 4.79 Å². The van der Waals surface area contributed by atoms with Crippen LogP contribution < -0.4 is 4.74 Å². The second kappa shape index (κ2) is 8.39. The lowest BCUT2D eigenvalue weighted by atomic mass is 10.1. The van der Waals surface area contributed by atoms with Crippen LogP contribution in [0.5, 0.6) is 5.75 Å². The Bertz CT molecular complexity index is 648. The van der Waals surface area contributed by atoms with E-state index in [1.165, 1.54) is 7.11 Å². The molecule has 0 spiro atoms. The molecule has 2 aromatic rings. The molecule has 1 aromatic carbocycles. The number of hydrogen-bond acceptors (Lipinski definition) is 4. The molecule has 0 amide bonds. The van der Waals surface area contributed by atoms with Crippen LogP contribution in [-0.2, 0) is 16.0 Å². The molecule has 0 atom stereocenters. The number of rotatable bonds is 8. The monoisotopic (exact) mass is 317 g/mol. The van der Waals surface area contributed by atoms with Crippen molar-refractivity contribution in [2.24, 2.45) is 0 Å². The highest BCUT2D eigenvalue weighted by Crippen LogP contribution is 2.27. The Balaban J connectivity index is 2.33. The summed E-state index contributed by atoms with van der Waals surface area (Å²) < 4.78 is 17.3. The molecular formula is C18H23NO4. The molecule has 2 rings (SSSR count). The Labute approximate surface area is 136 Å². The maximum Gasteiger partial charge on any atom is 0.354 e. The maximum absolute atomic E-state index is 12.0. The summed E-state index contributed by atoms with van der Waals surface area (Å²) in [6, 6.07) is 11.5. The van der Waals surface area contributed by atoms with Gasteiger partial charge in [0.25, 0.3) is 0 Å². The van der Waals surface area contributed by atoms with E-state index in [1.54, 1.807) is 20.3 Å². The predicted octanol–water partition coefficient (Wildman–Crippen LogP) is 3.38. The molecule has 0 bridgehead atoms. The van der Waals surface area contributed by atoms with Crippen LogP contribution >= 0.6 is 0 Å². The van der Waals surface area contributed by atoms with E-state index in [2.05, 4.69) is 0 Å². The molecule has 0 aliphatic rings. The zero-order valence-electron chi connectivity index (χ0n) is 13.9. The lowest BCUT2D eigenvalue weighted by Crippen LogP contribution is -2.12. The third-order valence-corrected chi connectivity index (χ3v) is 3.72. The van der Waals surface area contributed by atoms with Gasteiger partial charge >= 0.3 is 5.97 Å². The Morgan fingerprint density at radius 1 is 1.09 bits per heavy atom. The zero-order valence-corrected chi connectivity index (χ0v) is 13.9. The Morgan fingerprint density at radius 2 is 1.91 bits per heavy atom. The Morgan fingerprint density at radius 3 is 2.61 bits per heavy atom. The first kappa shape index (κ1) is 17.1. The molecule has 0 fully saturated rings. The number of unbranched alkanes of at least 4 members (excludes halogenated alkanes) is 1. The molecule has 0 aliphatic carbocycles. The SMILES string of the molecule is COCCCCn1c(C(=O)OC)ccc1-c1cccc(OC)c1. The fourth-order valence-corrected chi connectivity index (χ4v) is 2.54. The van der Waals surface area contributed by atoms with E-state index in [-0.39, 0.29) is 5.97 Å². The summed E-state index contributed by atoms with van der Waals surface area (Å²) in [5.41, 5.74) is 2.54. The van der Waals surface area contributed by atoms with E-state index in [0.29, 0.717) is 12.3 Å². The van der Waals surface area contributed by atoms with Crippen molar-refractivity contribution in [3.05, 3.63) is 42.1 Å². The highest BCUT2D eigenvalue weighted by Gasteiger charge is 2.16. The number of ether oxygens (including phenoxy) is 3. The highest BCUT2D eigenvalue weighted by molar-refractivity contribution is 5.89. The lowest BCUT2D eigenvalue weighted by Gasteiger charge is -2.13. The predicted molar refractivity (Wildman–Crippen MR) is 88.9 cm³/mol. The van der Waals surface area contributed by atoms with Crippen molar-refractivity contribution in [1.29, 1.82) is 0 Å². The smallest absolute Gasteiger partial charge is 0.354 e. The van der Waals surface area contributed by atoms with Gasteiger partial charge in [0, 0.05) is 31.5 Å². The molecule has 0 unspecified atom stereocenters. The van der Waals surface area contributed by atoms with Gasteiger partial charge < -0.3 is 18.8 Å². The molecule has 0 aliphatic heterocycles. The van der Waals surface area contributed by atoms with E-state index in [1.807, 2.05) is 34.9 Å². The van der Waals surface area contributed by atoms with Crippen LogP contribution in [0, 0.1) is 0 Å². The summed E-state index contributed by atoms with van der Waals surface area (Å²) in [5, 5.41) is 0. The van der Waals surface area contributed by atoms with Gasteiger partial charge in [-0.2, -0.15) is 0 Å². The first-order valence-electron chi connectivity index (χ1n) is 7.62. The van der Waals surface area contributed by atoms with Crippen LogP contribution in [0.4, 0.5) is 0 Å². The van der Waals surface area contributed by atoms with Crippen molar-refractivity contribution in [3.63, 3.8) is 0 Å². The van der Waals surface area contributed by atoms with Gasteiger partial charge in [-0.1, -0.05) is 12.1 Å². The summed E-state index contributed by atoms with van der Waals surface area (Å²) in [7, 11) is 4.73. The van der Waals surface area contributed by atoms with Crippen LogP contribution in [-0.4, -0.2) is 38.5 Å². The van der Waals surface area contributed by atoms with E-state index in [4.69, 9.17) is 14.2 Å². The molecule has 5 heteroatoms. The molecule has 0 saturated carbocycles. The molecule has 0 radical (unpaired) electrons. The standard InChI is InChI=1S/C18H23NO4/c1-21-12-5-4-11-19-16(9-10-17(19)18(20)23-3)14-7-6-8-15(13-14)22-2/h6-10,13H,4-5,11-12H2,1-3H3. The van der Waals surface area contributed by atoms with Crippen molar-refractivity contribution in [2.45, 2.75) is 19.4 Å². The number of hydrogen-bond donors (Lipinski definition) is 0. The molecule has 1 heterocycles. The van der Waals surface area contributed by atoms with Gasteiger partial charge in [-0.3, -0.25) is 0 Å². The van der Waals surface area contributed by atoms with E-state index < -0.39 is 0 Å². The molecule has 1 aromatic heterocycles. The van der Waals surface area contributed by atoms with Gasteiger partial charge in [-0.25, -0.2) is 4.79 Å². The van der Waals surface area contributed by atoms with Gasteiger partial charge in [0.05, 0.1) is 14.2 Å². The largest absolute Gasteiger partial charge is 0.497 e. The van der Waals surface area contributed by atoms with Crippen molar-refractivity contribution < 1.29 is 19.0 Å². The number of aromatic nitrogens is 1. The average Bonchev–Trinajstić information content (AvgIpc) is 3.02. The van der Waals surface area contributed by atoms with Crippen molar-refractivity contribution in [3.8, 4) is 17.0 Å². The first-order chi connectivity index (χ1) is 11.2. The second-order valence-electron chi connectivity index (χ2n) is 5.18. The molecule has 124 valence electrons. The van der Waals surface area contributed by atoms with Crippen molar-refractivity contribution in [2.75, 3.05) is 27.9 Å². The Kier molecular flexibility index (Phi) is 6.23. The van der Waals surface area contributed by atoms with Gasteiger partial charge in [-0.15, -0.1) is 0 Å². The van der Waals surface area contributed by atoms with Crippen LogP contribution in [0.2, 0.25) is 0 Å². The average molecular weight is 317 g/mol. The fraction of sp³-hybridized carbons (Fsp3) is 0.389. The van der Waals surface area contributed by atoms with Crippen molar-refractivity contribution in [1.82, 2.24) is 4.57 Å². The van der Waals surface area contributed by atoms with Gasteiger partial charge in [0.15, 0.2) is 0 Å². The van der Waals surface area contributed by atoms with Crippen molar-refractivity contribution >= 4 is 5.97 Å². The van der Waals surface area contributed by atoms with Gasteiger partial charge in [0.1, 0.15) is 11.4 Å². The summed E-state index contributed by atoms with van der Waals surface area (Å²) in [5.74, 6) is 0.458. The summed E-state index contributed by atoms with van der Waals surface area (Å²) in [6.45, 7) is 1.44. The van der Waals surface area contributed by atoms with Crippen LogP contribution in [0.1, 0.15) is 23.3 Å². The summed E-state index contributed by atoms with van der Waals surface area (Å²) in [6.07, 6.45) is 1.86. The summed E-state index contributed by atoms with van der Waals surface area (Å²) in [4.78, 5) is 12.0. The van der Waals surface area contributed by atoms with Crippen LogP contribution in [0.25, 0.3) is 11.3 Å². The van der Waals surface area contributed by atoms with Gasteiger partial charge in [-0.05, 0) is 37.1 Å². The number of carbonyl (C=O) groups excluding carboxylic acids is 1. The summed E-state index contributed by atoms with van der Waals surface area (Å²) >= 11 is 0. The van der Waals surface area contributed by atoms with Gasteiger partial charge in [0.2, 0.25) is 0 Å². The molecule has 23 heavy (non-hydrogen) atoms. The molecule has 5 nitrogen and oxygen atoms in total. The number of esters is 1. The zero-order chi connectivity index (χ0) is 16.7. The number of carbonyl (C=O) groups is 1. The van der Waals surface area contributed by atoms with Crippen LogP contribution in [0.15, 0.2) is 36.4 Å². The second-order valence-corrected chi connectivity index (χ2v) is 5.18. The number of methoxy groups -OCH3 is 3. The fourth-order valence-electron chi connectivity index (χ4n) is 2.54. The number of nitrogens with zero attached hydrogens (tertiary/aromatic N) is 1. The van der Waals surface area contributed by atoms with Crippen LogP contribution in [0.3, 0.4) is 0 Å². The molecule has 0 saturated heterocycles. The minimum atomic E-state index is -0.328. The third kappa shape index (κ3) is 4.13. The van der Waals surface area contributed by atoms with E-state index >= 15 is 0 Å². The molecule has 0 N–H and O–H groups in total. The third-order valence-electron chi connectivity index (χ3n) is 3.72. The normalized spacial score (nSPS) is 10.6. The minimum Gasteiger partial charge on any atom is -0.497 e. The Hall–Kier alpha value is -2.27. The first-order valence-corrected chi connectivity index (χ1v) is 7.62. The van der Waals surface area contributed by atoms with E-state index in [0.717, 1.165) is 36.4 Å². The quantitative estimate of drug-likeness (QED) is 0.553. The maximum atomic E-state index is 12.0. The molecular weight excluding hydrogens is 294 g/mol. The topological polar surface area (TPSA) is 49.7 Å². The minimum absolute atomic E-state index is 0.328. The number of benzene rings is 1. The highest BCUT2D eigenvalue weighted by atomic mass is 16.5. The lowest BCUT2D eigenvalue weighted by molar-refractivity contribution is 0.0588.